The van der Waals surface area contributed by atoms with E-state index >= 15 is 0 Å². The molecule has 101 heavy (non-hydrogen) atoms. The van der Waals surface area contributed by atoms with Crippen molar-refractivity contribution in [2.75, 3.05) is 199 Å². The predicted octanol–water partition coefficient (Wildman–Crippen LogP) is 2.78. The minimum atomic E-state index is -1.79. The van der Waals surface area contributed by atoms with Crippen molar-refractivity contribution in [3.63, 3.8) is 0 Å². The first-order valence-electron chi connectivity index (χ1n) is 33.6. The summed E-state index contributed by atoms with van der Waals surface area (Å²) >= 11 is 0. The molecule has 2 saturated heterocycles. The van der Waals surface area contributed by atoms with Gasteiger partial charge in [-0.3, -0.25) is 24.0 Å². The Morgan fingerprint density at radius 2 is 1.03 bits per heavy atom. The van der Waals surface area contributed by atoms with E-state index in [2.05, 4.69) is 17.2 Å². The molecule has 5 atom stereocenters. The van der Waals surface area contributed by atoms with Gasteiger partial charge in [0.05, 0.1) is 185 Å². The molecule has 2 heterocycles. The molecule has 0 saturated carbocycles. The Kier molecular flexibility index (Phi) is 39.1. The summed E-state index contributed by atoms with van der Waals surface area (Å²) in [5.74, 6) is -4.88. The number of amides is 3. The average Bonchev–Trinajstić information content (AvgIpc) is 1.75. The normalized spacial score (nSPS) is 17.4. The van der Waals surface area contributed by atoms with Gasteiger partial charge in [0.2, 0.25) is 24.2 Å². The number of methoxy groups -OCH3 is 1. The second-order valence-corrected chi connectivity index (χ2v) is 22.9. The van der Waals surface area contributed by atoms with Crippen molar-refractivity contribution in [1.29, 1.82) is 0 Å². The van der Waals surface area contributed by atoms with Crippen LogP contribution in [0.4, 0.5) is 4.79 Å². The van der Waals surface area contributed by atoms with E-state index in [4.69, 9.17) is 94.7 Å². The molecule has 3 amide bonds. The lowest BCUT2D eigenvalue weighted by molar-refractivity contribution is -0.282. The highest BCUT2D eigenvalue weighted by Gasteiger charge is 2.56. The van der Waals surface area contributed by atoms with Gasteiger partial charge in [-0.1, -0.05) is 67.3 Å². The van der Waals surface area contributed by atoms with Crippen LogP contribution in [0.1, 0.15) is 55.4 Å². The summed E-state index contributed by atoms with van der Waals surface area (Å²) in [6, 6.07) is 20.3. The number of nitrogens with zero attached hydrogens (tertiary/aromatic N) is 1. The number of likely N-dealkylation sites (tertiary alicyclic amines) is 1. The first-order chi connectivity index (χ1) is 49.1. The van der Waals surface area contributed by atoms with E-state index in [-0.39, 0.29) is 88.8 Å². The summed E-state index contributed by atoms with van der Waals surface area (Å²) in [6.45, 7) is 14.6. The number of aliphatic hydroxyl groups excluding tert-OH is 1. The second-order valence-electron chi connectivity index (χ2n) is 22.9. The molecule has 3 aromatic carbocycles. The van der Waals surface area contributed by atoms with Crippen LogP contribution in [0, 0.1) is 0 Å². The molecule has 0 bridgehead atoms. The molecule has 6 rings (SSSR count). The van der Waals surface area contributed by atoms with Crippen LogP contribution in [0.2, 0.25) is 0 Å². The van der Waals surface area contributed by atoms with Gasteiger partial charge in [0.1, 0.15) is 31.2 Å². The topological polar surface area (TPSA) is 352 Å². The van der Waals surface area contributed by atoms with Gasteiger partial charge in [-0.05, 0) is 39.9 Å². The molecule has 0 unspecified atom stereocenters. The fraction of sp³-hybridized carbons (Fsp3) is 0.614. The van der Waals surface area contributed by atoms with E-state index in [1.807, 2.05) is 48.5 Å². The first kappa shape index (κ1) is 82.6. The minimum Gasteiger partial charge on any atom is -0.460 e. The molecule has 0 aromatic heterocycles. The number of benzene rings is 3. The third-order valence-corrected chi connectivity index (χ3v) is 15.3. The molecule has 31 heteroatoms. The van der Waals surface area contributed by atoms with E-state index < -0.39 is 85.4 Å². The van der Waals surface area contributed by atoms with E-state index in [0.29, 0.717) is 138 Å². The van der Waals surface area contributed by atoms with Crippen LogP contribution in [0.3, 0.4) is 0 Å². The molecule has 0 spiro atoms. The molecule has 562 valence electrons. The van der Waals surface area contributed by atoms with Gasteiger partial charge < -0.3 is 115 Å². The van der Waals surface area contributed by atoms with Gasteiger partial charge in [-0.2, -0.15) is 0 Å². The summed E-state index contributed by atoms with van der Waals surface area (Å²) in [5, 5.41) is 15.7. The Hall–Kier alpha value is -7.31. The molecule has 2 fully saturated rings. The molecule has 1 aliphatic carbocycles. The number of ether oxygens (including phenoxy) is 20. The van der Waals surface area contributed by atoms with Gasteiger partial charge in [-0.15, -0.1) is 0 Å². The maximum Gasteiger partial charge on any atom is 0.407 e. The summed E-state index contributed by atoms with van der Waals surface area (Å²) < 4.78 is 112. The lowest BCUT2D eigenvalue weighted by Crippen LogP contribution is -2.69. The van der Waals surface area contributed by atoms with Gasteiger partial charge in [0.15, 0.2) is 18.3 Å². The lowest BCUT2D eigenvalue weighted by Gasteiger charge is -2.49. The van der Waals surface area contributed by atoms with Crippen LogP contribution in [0.5, 0.6) is 5.75 Å². The molecule has 3 aliphatic rings. The Balaban J connectivity index is 0.881. The van der Waals surface area contributed by atoms with Gasteiger partial charge in [0, 0.05) is 45.9 Å². The number of nitrogens with one attached hydrogen (secondary N) is 2. The Morgan fingerprint density at radius 3 is 1.50 bits per heavy atom. The van der Waals surface area contributed by atoms with E-state index in [0.717, 1.165) is 43.0 Å². The zero-order valence-corrected chi connectivity index (χ0v) is 58.1. The predicted molar refractivity (Wildman–Crippen MR) is 355 cm³/mol. The zero-order chi connectivity index (χ0) is 72.3. The standard InChI is InChI=1S/C70H99N3O28/c1-6-18-94-67(80)65-63(97-50(2)75)64(98-51(3)76)66(99-52(4)77)68(101-65)100-60-16-15-53(44-74)42-54(60)43-71-61(78)46-96-70(47-72-69(81)95-45-59-57-13-9-7-11-55(57)56-12-8-10-14-58(56)59)48-73(49-70)62(79)17-19-83-22-23-85-26-27-87-30-31-89-34-35-91-38-39-93-41-40-92-37-36-90-33-32-88-29-28-86-25-24-84-21-20-82-5/h6-16,42,59,63-66,68,74H,1,17-41,43-49H2,2-5H3,(H,71,78)(H,72,81)/t63-,64-,65-,66+,68+/m0/s1. The van der Waals surface area contributed by atoms with Crippen LogP contribution in [-0.2, 0) is 132 Å². The molecular weight excluding hydrogens is 1330 g/mol. The summed E-state index contributed by atoms with van der Waals surface area (Å²) in [4.78, 5) is 93.0. The van der Waals surface area contributed by atoms with Gasteiger partial charge in [0.25, 0.3) is 0 Å². The van der Waals surface area contributed by atoms with Crippen LogP contribution in [0.15, 0.2) is 79.4 Å². The number of esters is 4. The Morgan fingerprint density at radius 1 is 0.574 bits per heavy atom. The third kappa shape index (κ3) is 30.3. The molecule has 0 radical (unpaired) electrons. The maximum absolute atomic E-state index is 13.8. The summed E-state index contributed by atoms with van der Waals surface area (Å²) in [5.41, 5.74) is 3.56. The van der Waals surface area contributed by atoms with E-state index in [1.54, 1.807) is 7.11 Å². The SMILES string of the molecule is C=CCOC(=O)[C@H]1O[C@@H](Oc2ccc(CO)cc2CNC(=O)COC2(CNC(=O)OCC3c4ccccc4-c4ccccc43)CN(C(=O)CCOCCOCCOCCOCCOCCOCCOCCOCCOCCOCCOCCOC)C2)[C@H](OC(C)=O)[C@@H](OC(C)=O)[C@@H]1OC(C)=O. The highest BCUT2D eigenvalue weighted by molar-refractivity contribution is 5.80. The van der Waals surface area contributed by atoms with Gasteiger partial charge in [-0.25, -0.2) is 9.59 Å². The minimum absolute atomic E-state index is 0.00320. The number of carbonyl (C=O) groups is 7. The van der Waals surface area contributed by atoms with Gasteiger partial charge >= 0.3 is 30.0 Å². The third-order valence-electron chi connectivity index (χ3n) is 15.3. The number of hydrogen-bond donors (Lipinski definition) is 3. The highest BCUT2D eigenvalue weighted by atomic mass is 16.7. The van der Waals surface area contributed by atoms with Crippen LogP contribution in [0.25, 0.3) is 11.1 Å². The Labute approximate surface area is 588 Å². The monoisotopic (exact) mass is 1430 g/mol. The van der Waals surface area contributed by atoms with E-state index in [9.17, 15) is 38.7 Å². The summed E-state index contributed by atoms with van der Waals surface area (Å²) in [6.07, 6.45) is -7.96. The Bertz CT molecular complexity index is 2920. The molecule has 2 aliphatic heterocycles. The smallest absolute Gasteiger partial charge is 0.407 e. The summed E-state index contributed by atoms with van der Waals surface area (Å²) in [7, 11) is 1.63. The van der Waals surface area contributed by atoms with E-state index in [1.165, 1.54) is 29.2 Å². The zero-order valence-electron chi connectivity index (χ0n) is 58.1. The molecular formula is C70H99N3O28. The number of fused-ring (bicyclic) bond motifs is 3. The van der Waals surface area contributed by atoms with Crippen molar-refractivity contribution >= 4 is 41.8 Å². The average molecular weight is 1430 g/mol. The van der Waals surface area contributed by atoms with Crippen LogP contribution < -0.4 is 15.4 Å². The van der Waals surface area contributed by atoms with Crippen molar-refractivity contribution in [2.45, 2.75) is 82.6 Å². The van der Waals surface area contributed by atoms with Crippen LogP contribution in [-0.4, -0.2) is 287 Å². The number of alkyl carbamates (subject to hydrolysis) is 1. The number of rotatable bonds is 54. The fourth-order valence-corrected chi connectivity index (χ4v) is 10.6. The fourth-order valence-electron chi connectivity index (χ4n) is 10.6. The maximum atomic E-state index is 13.8. The quantitative estimate of drug-likeness (QED) is 0.0316. The van der Waals surface area contributed by atoms with Crippen molar-refractivity contribution < 1.29 is 133 Å². The number of hydrogen-bond acceptors (Lipinski definition) is 28. The lowest BCUT2D eigenvalue weighted by atomic mass is 9.93. The largest absolute Gasteiger partial charge is 0.460 e. The van der Waals surface area contributed by atoms with Crippen LogP contribution >= 0.6 is 0 Å². The second kappa shape index (κ2) is 47.8. The number of aliphatic hydroxyl groups is 1. The van der Waals surface area contributed by atoms with Crippen molar-refractivity contribution in [3.05, 3.63) is 102 Å². The van der Waals surface area contributed by atoms with Crippen molar-refractivity contribution in [1.82, 2.24) is 15.5 Å². The molecule has 3 N–H and O–H groups in total. The first-order valence-corrected chi connectivity index (χ1v) is 33.6. The molecule has 3 aromatic rings. The van der Waals surface area contributed by atoms with Crippen molar-refractivity contribution in [3.8, 4) is 16.9 Å². The highest BCUT2D eigenvalue weighted by Crippen LogP contribution is 2.44. The van der Waals surface area contributed by atoms with Crippen molar-refractivity contribution in [2.24, 2.45) is 0 Å². The molecule has 31 nitrogen and oxygen atoms in total. The number of carbonyl (C=O) groups excluding carboxylic acids is 7.